The Morgan fingerprint density at radius 1 is 1.54 bits per heavy atom. The van der Waals surface area contributed by atoms with Gasteiger partial charge in [-0.2, -0.15) is 0 Å². The van der Waals surface area contributed by atoms with Crippen LogP contribution in [-0.2, 0) is 0 Å². The maximum atomic E-state index is 8.78. The van der Waals surface area contributed by atoms with Gasteiger partial charge in [0.15, 0.2) is 0 Å². The molecular formula is C10H14INO. The van der Waals surface area contributed by atoms with E-state index >= 15 is 0 Å². The molecule has 72 valence electrons. The highest BCUT2D eigenvalue weighted by Crippen LogP contribution is 2.20. The molecule has 0 aliphatic carbocycles. The van der Waals surface area contributed by atoms with Crippen molar-refractivity contribution in [2.45, 2.75) is 19.4 Å². The van der Waals surface area contributed by atoms with E-state index in [1.807, 2.05) is 6.92 Å². The van der Waals surface area contributed by atoms with Gasteiger partial charge in [-0.1, -0.05) is 6.07 Å². The molecule has 0 heterocycles. The van der Waals surface area contributed by atoms with Crippen molar-refractivity contribution < 1.29 is 5.11 Å². The Bertz CT molecular complexity index is 288. The van der Waals surface area contributed by atoms with E-state index in [9.17, 15) is 0 Å². The van der Waals surface area contributed by atoms with E-state index in [-0.39, 0.29) is 12.6 Å². The standard InChI is InChI=1S/C10H14INO/c1-7-2-3-8(11)6-9(7)10(12)4-5-13/h2-3,6,10,13H,4-5,12H2,1H3/t10-/m1/s1. The lowest BCUT2D eigenvalue weighted by Crippen LogP contribution is -2.13. The van der Waals surface area contributed by atoms with Gasteiger partial charge < -0.3 is 10.8 Å². The molecule has 0 aromatic heterocycles. The maximum Gasteiger partial charge on any atom is 0.0449 e. The van der Waals surface area contributed by atoms with Crippen LogP contribution in [0, 0.1) is 10.5 Å². The largest absolute Gasteiger partial charge is 0.396 e. The molecule has 0 bridgehead atoms. The minimum atomic E-state index is -0.0419. The van der Waals surface area contributed by atoms with Gasteiger partial charge in [-0.3, -0.25) is 0 Å². The van der Waals surface area contributed by atoms with Crippen molar-refractivity contribution in [1.82, 2.24) is 0 Å². The van der Waals surface area contributed by atoms with Crippen LogP contribution in [0.15, 0.2) is 18.2 Å². The molecule has 1 rings (SSSR count). The van der Waals surface area contributed by atoms with Gasteiger partial charge in [0.2, 0.25) is 0 Å². The highest BCUT2D eigenvalue weighted by Gasteiger charge is 2.08. The van der Waals surface area contributed by atoms with E-state index < -0.39 is 0 Å². The fourth-order valence-corrected chi connectivity index (χ4v) is 1.82. The van der Waals surface area contributed by atoms with Crippen LogP contribution in [0.3, 0.4) is 0 Å². The topological polar surface area (TPSA) is 46.2 Å². The van der Waals surface area contributed by atoms with Crippen LogP contribution < -0.4 is 5.73 Å². The number of halogens is 1. The summed E-state index contributed by atoms with van der Waals surface area (Å²) in [6.45, 7) is 2.19. The average Bonchev–Trinajstić information content (AvgIpc) is 2.09. The third-order valence-corrected chi connectivity index (χ3v) is 2.75. The zero-order chi connectivity index (χ0) is 9.84. The Hall–Kier alpha value is -0.130. The second-order valence-electron chi connectivity index (χ2n) is 3.12. The summed E-state index contributed by atoms with van der Waals surface area (Å²) in [5.41, 5.74) is 8.25. The Morgan fingerprint density at radius 3 is 2.85 bits per heavy atom. The van der Waals surface area contributed by atoms with E-state index in [0.717, 1.165) is 5.56 Å². The van der Waals surface area contributed by atoms with Crippen LogP contribution >= 0.6 is 22.6 Å². The van der Waals surface area contributed by atoms with Crippen molar-refractivity contribution in [2.24, 2.45) is 5.73 Å². The summed E-state index contributed by atoms with van der Waals surface area (Å²) in [5.74, 6) is 0. The van der Waals surface area contributed by atoms with Gasteiger partial charge in [0.05, 0.1) is 0 Å². The lowest BCUT2D eigenvalue weighted by atomic mass is 10.0. The lowest BCUT2D eigenvalue weighted by Gasteiger charge is -2.13. The summed E-state index contributed by atoms with van der Waals surface area (Å²) in [4.78, 5) is 0. The molecule has 3 N–H and O–H groups in total. The van der Waals surface area contributed by atoms with E-state index in [1.165, 1.54) is 9.13 Å². The van der Waals surface area contributed by atoms with Crippen molar-refractivity contribution in [1.29, 1.82) is 0 Å². The zero-order valence-corrected chi connectivity index (χ0v) is 9.78. The number of hydrogen-bond acceptors (Lipinski definition) is 2. The monoisotopic (exact) mass is 291 g/mol. The van der Waals surface area contributed by atoms with Crippen LogP contribution in [0.25, 0.3) is 0 Å². The van der Waals surface area contributed by atoms with Gasteiger partial charge >= 0.3 is 0 Å². The highest BCUT2D eigenvalue weighted by atomic mass is 127. The molecule has 0 aliphatic rings. The molecule has 1 atom stereocenters. The Morgan fingerprint density at radius 2 is 2.23 bits per heavy atom. The number of benzene rings is 1. The fourth-order valence-electron chi connectivity index (χ4n) is 1.31. The summed E-state index contributed by atoms with van der Waals surface area (Å²) in [6.07, 6.45) is 0.626. The number of aryl methyl sites for hydroxylation is 1. The molecule has 0 radical (unpaired) electrons. The first-order valence-corrected chi connectivity index (χ1v) is 5.35. The third kappa shape index (κ3) is 2.93. The summed E-state index contributed by atoms with van der Waals surface area (Å²) in [6, 6.07) is 6.16. The Labute approximate surface area is 92.3 Å². The SMILES string of the molecule is Cc1ccc(I)cc1[C@H](N)CCO. The van der Waals surface area contributed by atoms with Crippen LogP contribution in [0.2, 0.25) is 0 Å². The third-order valence-electron chi connectivity index (χ3n) is 2.08. The minimum Gasteiger partial charge on any atom is -0.396 e. The van der Waals surface area contributed by atoms with Gasteiger partial charge in [0.25, 0.3) is 0 Å². The average molecular weight is 291 g/mol. The summed E-state index contributed by atoms with van der Waals surface area (Å²) < 4.78 is 1.19. The van der Waals surface area contributed by atoms with Crippen LogP contribution in [0.1, 0.15) is 23.6 Å². The van der Waals surface area contributed by atoms with Crippen LogP contribution in [-0.4, -0.2) is 11.7 Å². The molecule has 0 saturated heterocycles. The normalized spacial score (nSPS) is 12.9. The zero-order valence-electron chi connectivity index (χ0n) is 7.63. The smallest absolute Gasteiger partial charge is 0.0449 e. The quantitative estimate of drug-likeness (QED) is 0.837. The van der Waals surface area contributed by atoms with Gasteiger partial charge in [0, 0.05) is 16.2 Å². The molecule has 0 unspecified atom stereocenters. The molecule has 1 aromatic carbocycles. The molecule has 0 aliphatic heterocycles. The first-order valence-electron chi connectivity index (χ1n) is 4.27. The van der Waals surface area contributed by atoms with Crippen molar-refractivity contribution in [2.75, 3.05) is 6.61 Å². The first kappa shape index (κ1) is 10.9. The number of aliphatic hydroxyl groups is 1. The Kier molecular flexibility index (Phi) is 4.15. The van der Waals surface area contributed by atoms with E-state index in [2.05, 4.69) is 40.8 Å². The number of nitrogens with two attached hydrogens (primary N) is 1. The number of hydrogen-bond donors (Lipinski definition) is 2. The molecule has 1 aromatic rings. The van der Waals surface area contributed by atoms with Crippen molar-refractivity contribution in [3.8, 4) is 0 Å². The molecule has 2 nitrogen and oxygen atoms in total. The van der Waals surface area contributed by atoms with Gasteiger partial charge in [-0.05, 0) is 59.2 Å². The Balaban J connectivity index is 2.91. The van der Waals surface area contributed by atoms with Gasteiger partial charge in [0.1, 0.15) is 0 Å². The van der Waals surface area contributed by atoms with Crippen molar-refractivity contribution in [3.63, 3.8) is 0 Å². The molecule has 0 spiro atoms. The lowest BCUT2D eigenvalue weighted by molar-refractivity contribution is 0.276. The molecule has 0 fully saturated rings. The number of rotatable bonds is 3. The van der Waals surface area contributed by atoms with Crippen LogP contribution in [0.5, 0.6) is 0 Å². The second kappa shape index (κ2) is 4.93. The maximum absolute atomic E-state index is 8.78. The molecule has 13 heavy (non-hydrogen) atoms. The predicted molar refractivity (Wildman–Crippen MR) is 62.5 cm³/mol. The van der Waals surface area contributed by atoms with Crippen molar-refractivity contribution in [3.05, 3.63) is 32.9 Å². The summed E-state index contributed by atoms with van der Waals surface area (Å²) >= 11 is 2.27. The van der Waals surface area contributed by atoms with Gasteiger partial charge in [-0.25, -0.2) is 0 Å². The fraction of sp³-hybridized carbons (Fsp3) is 0.400. The van der Waals surface area contributed by atoms with E-state index in [1.54, 1.807) is 0 Å². The van der Waals surface area contributed by atoms with Crippen LogP contribution in [0.4, 0.5) is 0 Å². The molecule has 0 amide bonds. The summed E-state index contributed by atoms with van der Waals surface area (Å²) in [7, 11) is 0. The summed E-state index contributed by atoms with van der Waals surface area (Å²) in [5, 5.41) is 8.78. The van der Waals surface area contributed by atoms with E-state index in [4.69, 9.17) is 10.8 Å². The molecule has 3 heteroatoms. The minimum absolute atomic E-state index is 0.0419. The van der Waals surface area contributed by atoms with Gasteiger partial charge in [-0.15, -0.1) is 0 Å². The van der Waals surface area contributed by atoms with Crippen molar-refractivity contribution >= 4 is 22.6 Å². The second-order valence-corrected chi connectivity index (χ2v) is 4.37. The highest BCUT2D eigenvalue weighted by molar-refractivity contribution is 14.1. The molecule has 0 saturated carbocycles. The van der Waals surface area contributed by atoms with E-state index in [0.29, 0.717) is 6.42 Å². The molecular weight excluding hydrogens is 277 g/mol. The number of aliphatic hydroxyl groups excluding tert-OH is 1. The predicted octanol–water partition coefficient (Wildman–Crippen LogP) is 1.98. The first-order chi connectivity index (χ1) is 6.15.